The Bertz CT molecular complexity index is 322. The number of hydrogen-bond acceptors (Lipinski definition) is 4. The molecule has 1 N–H and O–H groups in total. The highest BCUT2D eigenvalue weighted by Crippen LogP contribution is 2.11. The van der Waals surface area contributed by atoms with Gasteiger partial charge in [-0.05, 0) is 18.8 Å². The van der Waals surface area contributed by atoms with E-state index in [1.807, 2.05) is 0 Å². The second-order valence-electron chi connectivity index (χ2n) is 4.05. The maximum atomic E-state index is 5.68. The van der Waals surface area contributed by atoms with Crippen LogP contribution in [0.2, 0.25) is 0 Å². The Morgan fingerprint density at radius 1 is 1.47 bits per heavy atom. The molecule has 17 heavy (non-hydrogen) atoms. The lowest BCUT2D eigenvalue weighted by atomic mass is 10.1. The highest BCUT2D eigenvalue weighted by Gasteiger charge is 2.03. The summed E-state index contributed by atoms with van der Waals surface area (Å²) < 4.78 is 5.42. The molecule has 4 nitrogen and oxygen atoms in total. The number of rotatable bonds is 8. The lowest BCUT2D eigenvalue weighted by Crippen LogP contribution is -2.13. The van der Waals surface area contributed by atoms with Gasteiger partial charge in [0, 0.05) is 12.4 Å². The van der Waals surface area contributed by atoms with Crippen LogP contribution in [0.4, 0.5) is 5.82 Å². The van der Waals surface area contributed by atoms with Crippen molar-refractivity contribution in [1.29, 1.82) is 0 Å². The normalized spacial score (nSPS) is 12.2. The van der Waals surface area contributed by atoms with Crippen molar-refractivity contribution in [3.63, 3.8) is 0 Å². The smallest absolute Gasteiger partial charge is 0.234 e. The quantitative estimate of drug-likeness (QED) is 0.728. The van der Waals surface area contributed by atoms with Gasteiger partial charge in [-0.2, -0.15) is 4.98 Å². The molecule has 1 rings (SSSR count). The van der Waals surface area contributed by atoms with Crippen LogP contribution in [0, 0.1) is 5.92 Å². The first kappa shape index (κ1) is 14.0. The second-order valence-corrected chi connectivity index (χ2v) is 4.43. The molecule has 1 aromatic rings. The maximum Gasteiger partial charge on any atom is 0.234 e. The Labute approximate surface area is 108 Å². The van der Waals surface area contributed by atoms with Gasteiger partial charge in [0.1, 0.15) is 5.82 Å². The Hall–Kier alpha value is -1.03. The molecule has 0 saturated carbocycles. The first-order valence-electron chi connectivity index (χ1n) is 6.01. The van der Waals surface area contributed by atoms with Crippen molar-refractivity contribution in [2.75, 3.05) is 24.3 Å². The van der Waals surface area contributed by atoms with E-state index in [1.54, 1.807) is 12.4 Å². The molecule has 1 heterocycles. The van der Waals surface area contributed by atoms with Crippen LogP contribution in [0.15, 0.2) is 12.4 Å². The zero-order valence-corrected chi connectivity index (χ0v) is 11.2. The fourth-order valence-corrected chi connectivity index (χ4v) is 1.65. The zero-order valence-electron chi connectivity index (χ0n) is 10.4. The fourth-order valence-electron chi connectivity index (χ4n) is 1.28. The number of anilines is 1. The average molecular weight is 258 g/mol. The van der Waals surface area contributed by atoms with E-state index in [1.165, 1.54) is 0 Å². The van der Waals surface area contributed by atoms with E-state index >= 15 is 0 Å². The van der Waals surface area contributed by atoms with Crippen molar-refractivity contribution in [1.82, 2.24) is 9.97 Å². The van der Waals surface area contributed by atoms with Crippen LogP contribution >= 0.6 is 11.6 Å². The molecule has 0 aromatic carbocycles. The third-order valence-electron chi connectivity index (χ3n) is 2.30. The van der Waals surface area contributed by atoms with Crippen LogP contribution in [0.5, 0.6) is 5.88 Å². The first-order valence-corrected chi connectivity index (χ1v) is 6.54. The van der Waals surface area contributed by atoms with Gasteiger partial charge in [-0.15, -0.1) is 11.6 Å². The van der Waals surface area contributed by atoms with E-state index in [0.717, 1.165) is 25.2 Å². The summed E-state index contributed by atoms with van der Waals surface area (Å²) in [4.78, 5) is 8.40. The fraction of sp³-hybridized carbons (Fsp3) is 0.667. The van der Waals surface area contributed by atoms with Gasteiger partial charge in [0.2, 0.25) is 5.88 Å². The topological polar surface area (TPSA) is 47.0 Å². The SMILES string of the molecule is CCCOc1cncc(NCC(C)CCCl)n1. The Morgan fingerprint density at radius 3 is 3.00 bits per heavy atom. The molecule has 96 valence electrons. The minimum absolute atomic E-state index is 0.523. The molecular weight excluding hydrogens is 238 g/mol. The molecule has 0 radical (unpaired) electrons. The van der Waals surface area contributed by atoms with Crippen LogP contribution in [-0.2, 0) is 0 Å². The standard InChI is InChI=1S/C12H20ClN3O/c1-3-6-17-12-9-14-8-11(16-12)15-7-10(2)4-5-13/h8-10H,3-7H2,1-2H3,(H,15,16). The van der Waals surface area contributed by atoms with E-state index in [4.69, 9.17) is 16.3 Å². The molecule has 0 aliphatic rings. The van der Waals surface area contributed by atoms with Crippen molar-refractivity contribution in [3.8, 4) is 5.88 Å². The Kier molecular flexibility index (Phi) is 6.70. The van der Waals surface area contributed by atoms with Crippen LogP contribution in [0.25, 0.3) is 0 Å². The van der Waals surface area contributed by atoms with Gasteiger partial charge in [0.25, 0.3) is 0 Å². The van der Waals surface area contributed by atoms with Gasteiger partial charge >= 0.3 is 0 Å². The van der Waals surface area contributed by atoms with Gasteiger partial charge in [0.05, 0.1) is 19.0 Å². The molecule has 0 amide bonds. The van der Waals surface area contributed by atoms with Gasteiger partial charge < -0.3 is 10.1 Å². The number of ether oxygens (including phenoxy) is 1. The molecule has 1 unspecified atom stereocenters. The molecule has 0 bridgehead atoms. The number of halogens is 1. The third kappa shape index (κ3) is 5.73. The number of nitrogens with zero attached hydrogens (tertiary/aromatic N) is 2. The number of hydrogen-bond donors (Lipinski definition) is 1. The minimum atomic E-state index is 0.523. The van der Waals surface area contributed by atoms with E-state index in [2.05, 4.69) is 29.1 Å². The molecule has 0 saturated heterocycles. The van der Waals surface area contributed by atoms with E-state index in [0.29, 0.717) is 24.3 Å². The van der Waals surface area contributed by atoms with E-state index < -0.39 is 0 Å². The van der Waals surface area contributed by atoms with Crippen LogP contribution in [0.1, 0.15) is 26.7 Å². The Morgan fingerprint density at radius 2 is 2.29 bits per heavy atom. The van der Waals surface area contributed by atoms with Gasteiger partial charge in [-0.3, -0.25) is 4.98 Å². The summed E-state index contributed by atoms with van der Waals surface area (Å²) in [6, 6.07) is 0. The van der Waals surface area contributed by atoms with E-state index in [-0.39, 0.29) is 0 Å². The van der Waals surface area contributed by atoms with Gasteiger partial charge in [-0.1, -0.05) is 13.8 Å². The van der Waals surface area contributed by atoms with Crippen molar-refractivity contribution in [2.24, 2.45) is 5.92 Å². The monoisotopic (exact) mass is 257 g/mol. The molecule has 0 spiro atoms. The predicted molar refractivity (Wildman–Crippen MR) is 70.8 cm³/mol. The van der Waals surface area contributed by atoms with Crippen LogP contribution in [-0.4, -0.2) is 29.0 Å². The molecule has 5 heteroatoms. The van der Waals surface area contributed by atoms with Crippen molar-refractivity contribution in [3.05, 3.63) is 12.4 Å². The summed E-state index contributed by atoms with van der Waals surface area (Å²) in [7, 11) is 0. The molecule has 0 fully saturated rings. The second kappa shape index (κ2) is 8.12. The highest BCUT2D eigenvalue weighted by molar-refractivity contribution is 6.17. The lowest BCUT2D eigenvalue weighted by Gasteiger charge is -2.11. The summed E-state index contributed by atoms with van der Waals surface area (Å²) in [5, 5.41) is 3.23. The predicted octanol–water partition coefficient (Wildman–Crippen LogP) is 2.94. The number of nitrogens with one attached hydrogen (secondary N) is 1. The lowest BCUT2D eigenvalue weighted by molar-refractivity contribution is 0.304. The molecule has 0 aliphatic heterocycles. The van der Waals surface area contributed by atoms with Gasteiger partial charge in [0.15, 0.2) is 0 Å². The molecule has 0 aliphatic carbocycles. The van der Waals surface area contributed by atoms with Crippen molar-refractivity contribution >= 4 is 17.4 Å². The van der Waals surface area contributed by atoms with E-state index in [9.17, 15) is 0 Å². The van der Waals surface area contributed by atoms with Crippen molar-refractivity contribution in [2.45, 2.75) is 26.7 Å². The largest absolute Gasteiger partial charge is 0.477 e. The first-order chi connectivity index (χ1) is 8.26. The molecular formula is C12H20ClN3O. The van der Waals surface area contributed by atoms with Crippen molar-refractivity contribution < 1.29 is 4.74 Å². The zero-order chi connectivity index (χ0) is 12.5. The number of alkyl halides is 1. The summed E-state index contributed by atoms with van der Waals surface area (Å²) in [6.45, 7) is 5.73. The van der Waals surface area contributed by atoms with Gasteiger partial charge in [-0.25, -0.2) is 0 Å². The van der Waals surface area contributed by atoms with Crippen LogP contribution in [0.3, 0.4) is 0 Å². The summed E-state index contributed by atoms with van der Waals surface area (Å²) >= 11 is 5.68. The Balaban J connectivity index is 2.42. The summed E-state index contributed by atoms with van der Waals surface area (Å²) in [6.07, 6.45) is 5.29. The average Bonchev–Trinajstić information content (AvgIpc) is 2.35. The third-order valence-corrected chi connectivity index (χ3v) is 2.52. The summed E-state index contributed by atoms with van der Waals surface area (Å²) in [5.74, 6) is 2.53. The highest BCUT2D eigenvalue weighted by atomic mass is 35.5. The molecule has 1 atom stereocenters. The maximum absolute atomic E-state index is 5.68. The van der Waals surface area contributed by atoms with Crippen LogP contribution < -0.4 is 10.1 Å². The molecule has 1 aromatic heterocycles. The number of aromatic nitrogens is 2. The minimum Gasteiger partial charge on any atom is -0.477 e. The summed E-state index contributed by atoms with van der Waals surface area (Å²) in [5.41, 5.74) is 0.